The monoisotopic (exact) mass is 517 g/mol. The topological polar surface area (TPSA) is 106 Å². The Labute approximate surface area is 221 Å². The fourth-order valence-corrected chi connectivity index (χ4v) is 4.34. The summed E-state index contributed by atoms with van der Waals surface area (Å²) in [7, 11) is 2.93. The van der Waals surface area contributed by atoms with Crippen LogP contribution in [0.15, 0.2) is 72.3 Å². The van der Waals surface area contributed by atoms with Crippen LogP contribution in [0.2, 0.25) is 0 Å². The Hall–Kier alpha value is -4.46. The molecule has 1 unspecified atom stereocenters. The van der Waals surface area contributed by atoms with Crippen molar-refractivity contribution in [3.63, 3.8) is 0 Å². The first-order chi connectivity index (χ1) is 18.2. The first-order valence-corrected chi connectivity index (χ1v) is 12.2. The van der Waals surface area contributed by atoms with Gasteiger partial charge in [0.05, 0.1) is 38.0 Å². The normalized spacial score (nSPS) is 16.7. The number of amides is 1. The van der Waals surface area contributed by atoms with E-state index >= 15 is 0 Å². The van der Waals surface area contributed by atoms with Gasteiger partial charge in [0.25, 0.3) is 11.7 Å². The summed E-state index contributed by atoms with van der Waals surface area (Å²) in [6, 6.07) is 17.5. The van der Waals surface area contributed by atoms with Gasteiger partial charge in [0.2, 0.25) is 0 Å². The molecular formula is C30H31NO7. The van der Waals surface area contributed by atoms with Gasteiger partial charge in [0, 0.05) is 6.54 Å². The number of ketones is 1. The number of phenols is 1. The highest BCUT2D eigenvalue weighted by molar-refractivity contribution is 6.46. The van der Waals surface area contributed by atoms with E-state index in [1.54, 1.807) is 30.3 Å². The number of aliphatic hydroxyl groups is 1. The van der Waals surface area contributed by atoms with Crippen LogP contribution in [0, 0.1) is 5.92 Å². The molecule has 4 rings (SSSR count). The van der Waals surface area contributed by atoms with Crippen LogP contribution in [0.25, 0.3) is 5.76 Å². The molecule has 0 saturated carbocycles. The molecule has 8 nitrogen and oxygen atoms in total. The number of carbonyl (C=O) groups excluding carboxylic acids is 2. The Bertz CT molecular complexity index is 1340. The Morgan fingerprint density at radius 2 is 1.58 bits per heavy atom. The van der Waals surface area contributed by atoms with Crippen molar-refractivity contribution in [2.75, 3.05) is 20.8 Å². The third-order valence-corrected chi connectivity index (χ3v) is 6.27. The van der Waals surface area contributed by atoms with Crippen LogP contribution in [0.4, 0.5) is 0 Å². The number of ether oxygens (including phenoxy) is 3. The molecule has 1 amide bonds. The molecule has 0 spiro atoms. The number of nitrogens with zero attached hydrogens (tertiary/aromatic N) is 1. The number of hydrogen-bond donors (Lipinski definition) is 2. The average Bonchev–Trinajstić information content (AvgIpc) is 3.17. The van der Waals surface area contributed by atoms with Crippen molar-refractivity contribution < 1.29 is 34.0 Å². The number of carbonyl (C=O) groups is 2. The maximum absolute atomic E-state index is 13.4. The summed E-state index contributed by atoms with van der Waals surface area (Å²) >= 11 is 0. The standard InChI is InChI=1S/C30H31NO7/c1-18(2)17-38-22-11-5-19(6-12-22)16-31-27(20-7-9-21(32)10-8-20)26(29(34)30(31)35)28(33)24-15-23(36-3)13-14-25(24)37-4/h5-15,18,27,32-33H,16-17H2,1-4H3/b28-26+. The molecular weight excluding hydrogens is 486 g/mol. The average molecular weight is 518 g/mol. The summed E-state index contributed by atoms with van der Waals surface area (Å²) in [5, 5.41) is 21.3. The van der Waals surface area contributed by atoms with E-state index in [0.717, 1.165) is 5.56 Å². The second kappa shape index (κ2) is 11.3. The van der Waals surface area contributed by atoms with Crippen LogP contribution in [0.3, 0.4) is 0 Å². The SMILES string of the molecule is COc1ccc(OC)c(/C(O)=C2\C(=O)C(=O)N(Cc3ccc(OCC(C)C)cc3)C2c2ccc(O)cc2)c1. The molecule has 3 aromatic rings. The minimum absolute atomic E-state index is 0.0390. The quantitative estimate of drug-likeness (QED) is 0.232. The number of phenolic OH excluding ortho intramolecular Hbond substituents is 1. The molecule has 2 N–H and O–H groups in total. The number of aromatic hydroxyl groups is 1. The van der Waals surface area contributed by atoms with Crippen molar-refractivity contribution in [2.24, 2.45) is 5.92 Å². The number of rotatable bonds is 9. The van der Waals surface area contributed by atoms with Gasteiger partial charge in [-0.3, -0.25) is 9.59 Å². The first-order valence-electron chi connectivity index (χ1n) is 12.2. The summed E-state index contributed by atoms with van der Waals surface area (Å²) < 4.78 is 16.4. The molecule has 0 aromatic heterocycles. The summed E-state index contributed by atoms with van der Waals surface area (Å²) in [5.41, 5.74) is 1.48. The molecule has 1 aliphatic rings. The maximum atomic E-state index is 13.4. The van der Waals surface area contributed by atoms with Gasteiger partial charge in [-0.2, -0.15) is 0 Å². The zero-order valence-electron chi connectivity index (χ0n) is 21.8. The molecule has 1 saturated heterocycles. The van der Waals surface area contributed by atoms with Gasteiger partial charge in [-0.1, -0.05) is 38.1 Å². The zero-order valence-corrected chi connectivity index (χ0v) is 21.8. The number of likely N-dealkylation sites (tertiary alicyclic amines) is 1. The fourth-order valence-electron chi connectivity index (χ4n) is 4.34. The lowest BCUT2D eigenvalue weighted by molar-refractivity contribution is -0.140. The van der Waals surface area contributed by atoms with Crippen molar-refractivity contribution in [2.45, 2.75) is 26.4 Å². The molecule has 1 aliphatic heterocycles. The largest absolute Gasteiger partial charge is 0.508 e. The predicted octanol–water partition coefficient (Wildman–Crippen LogP) is 5.07. The third-order valence-electron chi connectivity index (χ3n) is 6.27. The lowest BCUT2D eigenvalue weighted by Gasteiger charge is -2.26. The lowest BCUT2D eigenvalue weighted by Crippen LogP contribution is -2.29. The summed E-state index contributed by atoms with van der Waals surface area (Å²) in [6.07, 6.45) is 0. The predicted molar refractivity (Wildman–Crippen MR) is 142 cm³/mol. The molecule has 1 atom stereocenters. The first kappa shape index (κ1) is 26.6. The Morgan fingerprint density at radius 1 is 0.921 bits per heavy atom. The van der Waals surface area contributed by atoms with Crippen molar-refractivity contribution in [3.05, 3.63) is 89.0 Å². The minimum Gasteiger partial charge on any atom is -0.508 e. The molecule has 198 valence electrons. The van der Waals surface area contributed by atoms with E-state index in [4.69, 9.17) is 14.2 Å². The van der Waals surface area contributed by atoms with Crippen LogP contribution in [0.1, 0.15) is 36.6 Å². The van der Waals surface area contributed by atoms with Gasteiger partial charge in [-0.25, -0.2) is 0 Å². The van der Waals surface area contributed by atoms with Crippen molar-refractivity contribution in [1.29, 1.82) is 0 Å². The van der Waals surface area contributed by atoms with E-state index in [0.29, 0.717) is 35.3 Å². The highest BCUT2D eigenvalue weighted by atomic mass is 16.5. The van der Waals surface area contributed by atoms with Crippen LogP contribution < -0.4 is 14.2 Å². The summed E-state index contributed by atoms with van der Waals surface area (Å²) in [5.74, 6) is -0.0403. The van der Waals surface area contributed by atoms with E-state index in [9.17, 15) is 19.8 Å². The van der Waals surface area contributed by atoms with E-state index < -0.39 is 17.7 Å². The highest BCUT2D eigenvalue weighted by Crippen LogP contribution is 2.42. The molecule has 8 heteroatoms. The van der Waals surface area contributed by atoms with Crippen molar-refractivity contribution in [3.8, 4) is 23.0 Å². The zero-order chi connectivity index (χ0) is 27.4. The van der Waals surface area contributed by atoms with Crippen LogP contribution in [-0.2, 0) is 16.1 Å². The number of benzene rings is 3. The fraction of sp³-hybridized carbons (Fsp3) is 0.267. The number of hydrogen-bond acceptors (Lipinski definition) is 7. The minimum atomic E-state index is -0.900. The lowest BCUT2D eigenvalue weighted by atomic mass is 9.94. The second-order valence-electron chi connectivity index (χ2n) is 9.43. The summed E-state index contributed by atoms with van der Waals surface area (Å²) in [4.78, 5) is 28.1. The van der Waals surface area contributed by atoms with Gasteiger partial charge in [0.1, 0.15) is 28.8 Å². The molecule has 0 bridgehead atoms. The highest BCUT2D eigenvalue weighted by Gasteiger charge is 2.46. The molecule has 0 radical (unpaired) electrons. The third kappa shape index (κ3) is 5.44. The Morgan fingerprint density at radius 3 is 2.18 bits per heavy atom. The van der Waals surface area contributed by atoms with E-state index in [2.05, 4.69) is 13.8 Å². The van der Waals surface area contributed by atoms with Gasteiger partial charge >= 0.3 is 0 Å². The van der Waals surface area contributed by atoms with Gasteiger partial charge in [-0.05, 0) is 59.5 Å². The Balaban J connectivity index is 1.78. The van der Waals surface area contributed by atoms with E-state index in [1.165, 1.54) is 31.3 Å². The van der Waals surface area contributed by atoms with Crippen LogP contribution in [-0.4, -0.2) is 47.6 Å². The van der Waals surface area contributed by atoms with Crippen LogP contribution in [0.5, 0.6) is 23.0 Å². The Kier molecular flexibility index (Phi) is 7.90. The number of methoxy groups -OCH3 is 2. The summed E-state index contributed by atoms with van der Waals surface area (Å²) in [6.45, 7) is 4.83. The van der Waals surface area contributed by atoms with E-state index in [1.807, 2.05) is 24.3 Å². The number of Topliss-reactive ketones (excluding diaryl/α,β-unsaturated/α-hetero) is 1. The smallest absolute Gasteiger partial charge is 0.295 e. The number of aliphatic hydroxyl groups excluding tert-OH is 1. The molecule has 3 aromatic carbocycles. The molecule has 1 fully saturated rings. The van der Waals surface area contributed by atoms with Crippen molar-refractivity contribution >= 4 is 17.4 Å². The van der Waals surface area contributed by atoms with Gasteiger partial charge in [-0.15, -0.1) is 0 Å². The second-order valence-corrected chi connectivity index (χ2v) is 9.43. The van der Waals surface area contributed by atoms with Gasteiger partial charge < -0.3 is 29.3 Å². The van der Waals surface area contributed by atoms with Crippen LogP contribution >= 0.6 is 0 Å². The maximum Gasteiger partial charge on any atom is 0.295 e. The molecule has 0 aliphatic carbocycles. The van der Waals surface area contributed by atoms with Gasteiger partial charge in [0.15, 0.2) is 0 Å². The molecule has 1 heterocycles. The van der Waals surface area contributed by atoms with Crippen molar-refractivity contribution in [1.82, 2.24) is 4.90 Å². The molecule has 38 heavy (non-hydrogen) atoms. The van der Waals surface area contributed by atoms with E-state index in [-0.39, 0.29) is 29.2 Å².